The van der Waals surface area contributed by atoms with Crippen LogP contribution < -0.4 is 5.32 Å². The quantitative estimate of drug-likeness (QED) is 0.783. The smallest absolute Gasteiger partial charge is 0.334 e. The molecule has 1 heterocycles. The van der Waals surface area contributed by atoms with Crippen LogP contribution in [0.4, 0.5) is 0 Å². The highest BCUT2D eigenvalue weighted by molar-refractivity contribution is 5.88. The van der Waals surface area contributed by atoms with E-state index in [-0.39, 0.29) is 24.5 Å². The zero-order chi connectivity index (χ0) is 17.7. The first-order valence-electron chi connectivity index (χ1n) is 8.83. The molecule has 2 fully saturated rings. The van der Waals surface area contributed by atoms with Gasteiger partial charge in [-0.25, -0.2) is 4.79 Å². The molecule has 1 aliphatic carbocycles. The second-order valence-electron chi connectivity index (χ2n) is 7.01. The lowest BCUT2D eigenvalue weighted by Gasteiger charge is -2.36. The summed E-state index contributed by atoms with van der Waals surface area (Å²) in [6.45, 7) is 3.74. The third kappa shape index (κ3) is 5.19. The summed E-state index contributed by atoms with van der Waals surface area (Å²) in [6, 6.07) is -0.652. The number of amides is 2. The Labute approximate surface area is 142 Å². The molecule has 1 saturated carbocycles. The van der Waals surface area contributed by atoms with Gasteiger partial charge in [-0.2, -0.15) is 0 Å². The topological polar surface area (TPSA) is 95.9 Å². The van der Waals surface area contributed by atoms with Crippen LogP contribution in [0.1, 0.15) is 52.4 Å². The Balaban J connectivity index is 1.84. The lowest BCUT2D eigenvalue weighted by Crippen LogP contribution is -2.56. The van der Waals surface area contributed by atoms with Crippen molar-refractivity contribution in [1.29, 1.82) is 0 Å². The summed E-state index contributed by atoms with van der Waals surface area (Å²) in [7, 11) is 0. The number of carbonyl (C=O) groups excluding carboxylic acids is 2. The van der Waals surface area contributed by atoms with E-state index < -0.39 is 18.1 Å². The summed E-state index contributed by atoms with van der Waals surface area (Å²) in [6.07, 6.45) is 4.87. The van der Waals surface area contributed by atoms with Crippen molar-refractivity contribution < 1.29 is 24.2 Å². The molecule has 2 unspecified atom stereocenters. The second-order valence-corrected chi connectivity index (χ2v) is 7.01. The third-order valence-corrected chi connectivity index (χ3v) is 4.79. The Morgan fingerprint density at radius 2 is 1.88 bits per heavy atom. The van der Waals surface area contributed by atoms with Crippen LogP contribution in [0.25, 0.3) is 0 Å². The first-order valence-corrected chi connectivity index (χ1v) is 8.83. The van der Waals surface area contributed by atoms with Gasteiger partial charge in [0, 0.05) is 13.0 Å². The average Bonchev–Trinajstić information content (AvgIpc) is 2.54. The van der Waals surface area contributed by atoms with Gasteiger partial charge in [-0.15, -0.1) is 0 Å². The monoisotopic (exact) mass is 340 g/mol. The van der Waals surface area contributed by atoms with Crippen LogP contribution in [0.3, 0.4) is 0 Å². The zero-order valence-electron chi connectivity index (χ0n) is 14.5. The number of carboxylic acid groups (broad SMARTS) is 1. The molecule has 136 valence electrons. The average molecular weight is 340 g/mol. The van der Waals surface area contributed by atoms with Gasteiger partial charge in [-0.1, -0.05) is 19.3 Å². The maximum Gasteiger partial charge on any atom is 0.334 e. The van der Waals surface area contributed by atoms with Crippen molar-refractivity contribution >= 4 is 17.8 Å². The van der Waals surface area contributed by atoms with E-state index in [1.165, 1.54) is 24.2 Å². The first-order chi connectivity index (χ1) is 11.4. The van der Waals surface area contributed by atoms with Gasteiger partial charge >= 0.3 is 5.97 Å². The molecule has 2 rings (SSSR count). The van der Waals surface area contributed by atoms with E-state index in [0.29, 0.717) is 18.9 Å². The SMILES string of the molecule is CC(NC(=O)CC1CCCCC1)C(=O)N1CC(C(=O)O)O[C@H](C)C1. The van der Waals surface area contributed by atoms with Gasteiger partial charge in [0.05, 0.1) is 12.6 Å². The van der Waals surface area contributed by atoms with E-state index in [1.54, 1.807) is 13.8 Å². The molecule has 0 spiro atoms. The Morgan fingerprint density at radius 3 is 2.50 bits per heavy atom. The van der Waals surface area contributed by atoms with Crippen molar-refractivity contribution in [3.05, 3.63) is 0 Å². The highest BCUT2D eigenvalue weighted by atomic mass is 16.5. The van der Waals surface area contributed by atoms with Gasteiger partial charge < -0.3 is 20.1 Å². The molecule has 2 N–H and O–H groups in total. The standard InChI is InChI=1S/C17H28N2O5/c1-11-9-19(10-14(24-11)17(22)23)16(21)12(2)18-15(20)8-13-6-4-3-5-7-13/h11-14H,3-10H2,1-2H3,(H,18,20)(H,22,23)/t11-,12?,14?/m1/s1. The van der Waals surface area contributed by atoms with Gasteiger partial charge in [-0.3, -0.25) is 9.59 Å². The largest absolute Gasteiger partial charge is 0.479 e. The van der Waals surface area contributed by atoms with Crippen LogP contribution >= 0.6 is 0 Å². The lowest BCUT2D eigenvalue weighted by molar-refractivity contribution is -0.167. The fourth-order valence-electron chi connectivity index (χ4n) is 3.56. The molecule has 0 bridgehead atoms. The van der Waals surface area contributed by atoms with Gasteiger partial charge in [0.15, 0.2) is 6.10 Å². The number of nitrogens with zero attached hydrogens (tertiary/aromatic N) is 1. The number of hydrogen-bond donors (Lipinski definition) is 2. The minimum absolute atomic E-state index is 0.0152. The molecule has 3 atom stereocenters. The predicted molar refractivity (Wildman–Crippen MR) is 87.3 cm³/mol. The summed E-state index contributed by atoms with van der Waals surface area (Å²) < 4.78 is 5.31. The van der Waals surface area contributed by atoms with Crippen LogP contribution in [0.5, 0.6) is 0 Å². The highest BCUT2D eigenvalue weighted by Crippen LogP contribution is 2.26. The van der Waals surface area contributed by atoms with Crippen molar-refractivity contribution in [2.45, 2.75) is 70.6 Å². The minimum Gasteiger partial charge on any atom is -0.479 e. The van der Waals surface area contributed by atoms with Crippen molar-refractivity contribution in [3.63, 3.8) is 0 Å². The third-order valence-electron chi connectivity index (χ3n) is 4.79. The Hall–Kier alpha value is -1.63. The van der Waals surface area contributed by atoms with Crippen molar-refractivity contribution in [3.8, 4) is 0 Å². The van der Waals surface area contributed by atoms with E-state index >= 15 is 0 Å². The molecular formula is C17H28N2O5. The number of morpholine rings is 1. The summed E-state index contributed by atoms with van der Waals surface area (Å²) in [5.74, 6) is -1.01. The normalized spacial score (nSPS) is 26.7. The molecule has 7 nitrogen and oxygen atoms in total. The number of rotatable bonds is 5. The fraction of sp³-hybridized carbons (Fsp3) is 0.824. The van der Waals surface area contributed by atoms with Gasteiger partial charge in [0.2, 0.25) is 11.8 Å². The molecule has 0 radical (unpaired) electrons. The Bertz CT molecular complexity index is 476. The van der Waals surface area contributed by atoms with Crippen LogP contribution in [-0.4, -0.2) is 59.1 Å². The molecule has 7 heteroatoms. The molecule has 1 aliphatic heterocycles. The second kappa shape index (κ2) is 8.46. The molecule has 2 amide bonds. The summed E-state index contributed by atoms with van der Waals surface area (Å²) in [5, 5.41) is 11.9. The van der Waals surface area contributed by atoms with E-state index in [2.05, 4.69) is 5.32 Å². The number of carbonyl (C=O) groups is 3. The zero-order valence-corrected chi connectivity index (χ0v) is 14.5. The molecule has 0 aromatic rings. The summed E-state index contributed by atoms with van der Waals surface area (Å²) in [4.78, 5) is 37.2. The first kappa shape index (κ1) is 18.7. The van der Waals surface area contributed by atoms with E-state index in [9.17, 15) is 14.4 Å². The van der Waals surface area contributed by atoms with Crippen LogP contribution in [0.2, 0.25) is 0 Å². The van der Waals surface area contributed by atoms with Crippen LogP contribution in [0, 0.1) is 5.92 Å². The van der Waals surface area contributed by atoms with Gasteiger partial charge in [0.25, 0.3) is 0 Å². The van der Waals surface area contributed by atoms with Crippen LogP contribution in [0.15, 0.2) is 0 Å². The maximum atomic E-state index is 12.5. The van der Waals surface area contributed by atoms with Gasteiger partial charge in [-0.05, 0) is 32.6 Å². The number of nitrogens with one attached hydrogen (secondary N) is 1. The molecule has 1 saturated heterocycles. The van der Waals surface area contributed by atoms with Crippen molar-refractivity contribution in [2.75, 3.05) is 13.1 Å². The number of ether oxygens (including phenoxy) is 1. The molecule has 24 heavy (non-hydrogen) atoms. The highest BCUT2D eigenvalue weighted by Gasteiger charge is 2.34. The summed E-state index contributed by atoms with van der Waals surface area (Å²) >= 11 is 0. The van der Waals surface area contributed by atoms with Crippen molar-refractivity contribution in [1.82, 2.24) is 10.2 Å². The molecule has 2 aliphatic rings. The van der Waals surface area contributed by atoms with E-state index in [1.807, 2.05) is 0 Å². The Morgan fingerprint density at radius 1 is 1.21 bits per heavy atom. The van der Waals surface area contributed by atoms with E-state index in [0.717, 1.165) is 12.8 Å². The Kier molecular flexibility index (Phi) is 6.60. The molecule has 0 aromatic heterocycles. The maximum absolute atomic E-state index is 12.5. The number of hydrogen-bond acceptors (Lipinski definition) is 4. The lowest BCUT2D eigenvalue weighted by atomic mass is 9.87. The number of carboxylic acids is 1. The number of aliphatic carboxylic acids is 1. The van der Waals surface area contributed by atoms with E-state index in [4.69, 9.17) is 9.84 Å². The predicted octanol–water partition coefficient (Wildman–Crippen LogP) is 1.16. The molecular weight excluding hydrogens is 312 g/mol. The van der Waals surface area contributed by atoms with Crippen molar-refractivity contribution in [2.24, 2.45) is 5.92 Å². The van der Waals surface area contributed by atoms with Gasteiger partial charge in [0.1, 0.15) is 6.04 Å². The minimum atomic E-state index is -1.08. The van der Waals surface area contributed by atoms with Crippen LogP contribution in [-0.2, 0) is 19.1 Å². The fourth-order valence-corrected chi connectivity index (χ4v) is 3.56. The molecule has 0 aromatic carbocycles. The summed E-state index contributed by atoms with van der Waals surface area (Å²) in [5.41, 5.74) is 0.